The van der Waals surface area contributed by atoms with Crippen LogP contribution in [0.4, 0.5) is 5.69 Å². The van der Waals surface area contributed by atoms with E-state index in [4.69, 9.17) is 4.74 Å². The summed E-state index contributed by atoms with van der Waals surface area (Å²) in [6.45, 7) is 7.73. The molecule has 1 amide bonds. The number of aryl methyl sites for hydroxylation is 2. The second kappa shape index (κ2) is 5.61. The molecule has 0 heterocycles. The zero-order chi connectivity index (χ0) is 14.8. The van der Waals surface area contributed by atoms with Gasteiger partial charge in [-0.15, -0.1) is 0 Å². The normalized spacial score (nSPS) is 11.3. The highest BCUT2D eigenvalue weighted by Gasteiger charge is 2.31. The lowest BCUT2D eigenvalue weighted by atomic mass is 10.0. The van der Waals surface area contributed by atoms with Gasteiger partial charge in [0.15, 0.2) is 0 Å². The molecule has 0 unspecified atom stereocenters. The van der Waals surface area contributed by atoms with E-state index in [-0.39, 0.29) is 5.91 Å². The highest BCUT2D eigenvalue weighted by atomic mass is 16.5. The van der Waals surface area contributed by atoms with Crippen molar-refractivity contribution in [3.63, 3.8) is 0 Å². The molecule has 4 nitrogen and oxygen atoms in total. The van der Waals surface area contributed by atoms with Crippen LogP contribution in [0.3, 0.4) is 0 Å². The third kappa shape index (κ3) is 3.07. The lowest BCUT2D eigenvalue weighted by molar-refractivity contribution is -0.123. The number of hydrogen-bond donors (Lipinski definition) is 1. The van der Waals surface area contributed by atoms with Gasteiger partial charge >= 0.3 is 0 Å². The standard InChI is InChI=1S/C15H24N2O2/c1-10-8-11(2)13(12(9-10)19-7)17(6)14(18)15(3,4)16-5/h8-9,16H,1-7H3. The number of carbonyl (C=O) groups is 1. The van der Waals surface area contributed by atoms with E-state index in [1.807, 2.05) is 39.8 Å². The summed E-state index contributed by atoms with van der Waals surface area (Å²) in [4.78, 5) is 14.2. The summed E-state index contributed by atoms with van der Waals surface area (Å²) in [5.74, 6) is 0.723. The lowest BCUT2D eigenvalue weighted by Gasteiger charge is -2.31. The fourth-order valence-electron chi connectivity index (χ4n) is 2.13. The van der Waals surface area contributed by atoms with Gasteiger partial charge in [0.2, 0.25) is 5.91 Å². The summed E-state index contributed by atoms with van der Waals surface area (Å²) >= 11 is 0. The van der Waals surface area contributed by atoms with Gasteiger partial charge in [-0.2, -0.15) is 0 Å². The maximum atomic E-state index is 12.5. The van der Waals surface area contributed by atoms with Crippen LogP contribution in [0.5, 0.6) is 5.75 Å². The Morgan fingerprint density at radius 2 is 1.89 bits per heavy atom. The van der Waals surface area contributed by atoms with Gasteiger partial charge in [0, 0.05) is 7.05 Å². The number of benzene rings is 1. The zero-order valence-corrected chi connectivity index (χ0v) is 12.9. The zero-order valence-electron chi connectivity index (χ0n) is 12.9. The second-order valence-corrected chi connectivity index (χ2v) is 5.37. The molecule has 1 rings (SSSR count). The largest absolute Gasteiger partial charge is 0.495 e. The second-order valence-electron chi connectivity index (χ2n) is 5.37. The fraction of sp³-hybridized carbons (Fsp3) is 0.533. The van der Waals surface area contributed by atoms with Crippen LogP contribution in [0.15, 0.2) is 12.1 Å². The number of methoxy groups -OCH3 is 1. The predicted molar refractivity (Wildman–Crippen MR) is 79.0 cm³/mol. The number of carbonyl (C=O) groups excluding carboxylic acids is 1. The molecule has 0 aromatic heterocycles. The Labute approximate surface area is 115 Å². The van der Waals surface area contributed by atoms with Gasteiger partial charge < -0.3 is 15.0 Å². The van der Waals surface area contributed by atoms with Crippen LogP contribution in [0.2, 0.25) is 0 Å². The van der Waals surface area contributed by atoms with Gasteiger partial charge in [-0.05, 0) is 51.9 Å². The molecule has 1 N–H and O–H groups in total. The minimum Gasteiger partial charge on any atom is -0.495 e. The molecule has 0 aliphatic carbocycles. The summed E-state index contributed by atoms with van der Waals surface area (Å²) in [5, 5.41) is 3.03. The highest BCUT2D eigenvalue weighted by Crippen LogP contribution is 2.33. The Kier molecular flexibility index (Phi) is 4.58. The molecule has 0 spiro atoms. The maximum absolute atomic E-state index is 12.5. The predicted octanol–water partition coefficient (Wildman–Crippen LogP) is 2.27. The Morgan fingerprint density at radius 3 is 2.37 bits per heavy atom. The summed E-state index contributed by atoms with van der Waals surface area (Å²) < 4.78 is 5.41. The number of amides is 1. The van der Waals surface area contributed by atoms with Crippen molar-refractivity contribution < 1.29 is 9.53 Å². The quantitative estimate of drug-likeness (QED) is 0.907. The summed E-state index contributed by atoms with van der Waals surface area (Å²) in [7, 11) is 5.19. The molecule has 0 atom stereocenters. The van der Waals surface area contributed by atoms with Crippen molar-refractivity contribution in [2.45, 2.75) is 33.2 Å². The number of likely N-dealkylation sites (N-methyl/N-ethyl adjacent to an activating group) is 2. The Balaban J connectivity index is 3.27. The highest BCUT2D eigenvalue weighted by molar-refractivity contribution is 6.01. The number of rotatable bonds is 4. The van der Waals surface area contributed by atoms with Crippen molar-refractivity contribution in [1.29, 1.82) is 0 Å². The first kappa shape index (κ1) is 15.5. The van der Waals surface area contributed by atoms with E-state index in [1.54, 1.807) is 26.1 Å². The van der Waals surface area contributed by atoms with Gasteiger partial charge in [0.1, 0.15) is 5.75 Å². The van der Waals surface area contributed by atoms with Crippen molar-refractivity contribution in [3.8, 4) is 5.75 Å². The van der Waals surface area contributed by atoms with E-state index >= 15 is 0 Å². The smallest absolute Gasteiger partial charge is 0.246 e. The maximum Gasteiger partial charge on any atom is 0.246 e. The molecule has 106 valence electrons. The number of anilines is 1. The summed E-state index contributed by atoms with van der Waals surface area (Å²) in [6.07, 6.45) is 0. The number of hydrogen-bond acceptors (Lipinski definition) is 3. The van der Waals surface area contributed by atoms with Crippen molar-refractivity contribution >= 4 is 11.6 Å². The third-order valence-corrected chi connectivity index (χ3v) is 3.43. The number of ether oxygens (including phenoxy) is 1. The molecule has 1 aromatic rings. The Bertz CT molecular complexity index is 481. The van der Waals surface area contributed by atoms with E-state index in [2.05, 4.69) is 5.32 Å². The van der Waals surface area contributed by atoms with Crippen LogP contribution in [0.1, 0.15) is 25.0 Å². The SMILES string of the molecule is CNC(C)(C)C(=O)N(C)c1c(C)cc(C)cc1OC. The van der Waals surface area contributed by atoms with Gasteiger partial charge in [0.25, 0.3) is 0 Å². The van der Waals surface area contributed by atoms with Crippen LogP contribution in [-0.2, 0) is 4.79 Å². The summed E-state index contributed by atoms with van der Waals surface area (Å²) in [6, 6.07) is 3.99. The van der Waals surface area contributed by atoms with Crippen molar-refractivity contribution in [2.75, 3.05) is 26.1 Å². The van der Waals surface area contributed by atoms with Crippen molar-refractivity contribution in [1.82, 2.24) is 5.32 Å². The molecule has 0 aliphatic rings. The van der Waals surface area contributed by atoms with Crippen LogP contribution in [0.25, 0.3) is 0 Å². The molecule has 0 saturated carbocycles. The van der Waals surface area contributed by atoms with Gasteiger partial charge in [-0.3, -0.25) is 4.79 Å². The Morgan fingerprint density at radius 1 is 1.32 bits per heavy atom. The minimum absolute atomic E-state index is 0.000234. The number of nitrogens with one attached hydrogen (secondary N) is 1. The third-order valence-electron chi connectivity index (χ3n) is 3.43. The van der Waals surface area contributed by atoms with Gasteiger partial charge in [-0.1, -0.05) is 6.07 Å². The van der Waals surface area contributed by atoms with E-state index < -0.39 is 5.54 Å². The van der Waals surface area contributed by atoms with Crippen LogP contribution >= 0.6 is 0 Å². The average molecular weight is 264 g/mol. The minimum atomic E-state index is -0.614. The molecule has 0 radical (unpaired) electrons. The van der Waals surface area contributed by atoms with Crippen LogP contribution < -0.4 is 15.0 Å². The first-order chi connectivity index (χ1) is 8.74. The lowest BCUT2D eigenvalue weighted by Crippen LogP contribution is -2.52. The van der Waals surface area contributed by atoms with E-state index in [1.165, 1.54) is 0 Å². The van der Waals surface area contributed by atoms with Crippen molar-refractivity contribution in [2.24, 2.45) is 0 Å². The molecule has 1 aromatic carbocycles. The molecule has 0 fully saturated rings. The monoisotopic (exact) mass is 264 g/mol. The van der Waals surface area contributed by atoms with E-state index in [9.17, 15) is 4.79 Å². The Hall–Kier alpha value is -1.55. The molecule has 4 heteroatoms. The number of nitrogens with zero attached hydrogens (tertiary/aromatic N) is 1. The first-order valence-electron chi connectivity index (χ1n) is 6.37. The average Bonchev–Trinajstić information content (AvgIpc) is 2.36. The van der Waals surface area contributed by atoms with E-state index in [0.717, 1.165) is 22.6 Å². The van der Waals surface area contributed by atoms with Gasteiger partial charge in [-0.25, -0.2) is 0 Å². The van der Waals surface area contributed by atoms with E-state index in [0.29, 0.717) is 0 Å². The molecule has 0 bridgehead atoms. The molecule has 19 heavy (non-hydrogen) atoms. The van der Waals surface area contributed by atoms with Crippen LogP contribution in [-0.4, -0.2) is 32.7 Å². The summed E-state index contributed by atoms with van der Waals surface area (Å²) in [5.41, 5.74) is 2.35. The molecular weight excluding hydrogens is 240 g/mol. The van der Waals surface area contributed by atoms with Crippen molar-refractivity contribution in [3.05, 3.63) is 23.3 Å². The molecular formula is C15H24N2O2. The van der Waals surface area contributed by atoms with Crippen LogP contribution in [0, 0.1) is 13.8 Å². The van der Waals surface area contributed by atoms with Gasteiger partial charge in [0.05, 0.1) is 18.3 Å². The molecule has 0 aliphatic heterocycles. The first-order valence-corrected chi connectivity index (χ1v) is 6.37. The fourth-order valence-corrected chi connectivity index (χ4v) is 2.13. The molecule has 0 saturated heterocycles. The topological polar surface area (TPSA) is 41.6 Å².